The lowest BCUT2D eigenvalue weighted by molar-refractivity contribution is -0.116. The molecule has 9 heteroatoms. The number of hydrogen-bond donors (Lipinski definition) is 2. The molecule has 0 aromatic carbocycles. The predicted molar refractivity (Wildman–Crippen MR) is 70.2 cm³/mol. The van der Waals surface area contributed by atoms with E-state index in [0.717, 1.165) is 0 Å². The molecule has 0 fully saturated rings. The van der Waals surface area contributed by atoms with Gasteiger partial charge in [-0.25, -0.2) is 4.79 Å². The SMILES string of the molecule is O=C(Cl)COCCOCCOCCOCCNC(=O)O. The first kappa shape index (κ1) is 19.1. The van der Waals surface area contributed by atoms with Gasteiger partial charge in [-0.15, -0.1) is 0 Å². The van der Waals surface area contributed by atoms with Gasteiger partial charge in [-0.1, -0.05) is 0 Å². The molecule has 0 rings (SSSR count). The lowest BCUT2D eigenvalue weighted by Gasteiger charge is -2.07. The molecule has 0 saturated carbocycles. The fourth-order valence-corrected chi connectivity index (χ4v) is 1.12. The maximum Gasteiger partial charge on any atom is 0.404 e. The van der Waals surface area contributed by atoms with Crippen LogP contribution in [0.25, 0.3) is 0 Å². The largest absolute Gasteiger partial charge is 0.465 e. The van der Waals surface area contributed by atoms with Crippen LogP contribution in [-0.4, -0.2) is 75.8 Å². The predicted octanol–water partition coefficient (Wildman–Crippen LogP) is 0.0858. The first-order valence-electron chi connectivity index (χ1n) is 6.09. The number of hydrogen-bond acceptors (Lipinski definition) is 6. The number of halogens is 1. The van der Waals surface area contributed by atoms with Crippen molar-refractivity contribution in [1.29, 1.82) is 0 Å². The smallest absolute Gasteiger partial charge is 0.404 e. The molecule has 0 aliphatic rings. The molecule has 8 nitrogen and oxygen atoms in total. The van der Waals surface area contributed by atoms with Gasteiger partial charge < -0.3 is 29.4 Å². The van der Waals surface area contributed by atoms with Crippen LogP contribution in [0.15, 0.2) is 0 Å². The van der Waals surface area contributed by atoms with Gasteiger partial charge in [0.1, 0.15) is 6.61 Å². The van der Waals surface area contributed by atoms with Crippen LogP contribution in [0.5, 0.6) is 0 Å². The molecular formula is C11H20ClNO7. The highest BCUT2D eigenvalue weighted by Crippen LogP contribution is 1.85. The van der Waals surface area contributed by atoms with Gasteiger partial charge in [-0.3, -0.25) is 4.79 Å². The molecule has 0 aromatic rings. The Balaban J connectivity index is 2.99. The van der Waals surface area contributed by atoms with Crippen molar-refractivity contribution in [3.8, 4) is 0 Å². The van der Waals surface area contributed by atoms with Gasteiger partial charge in [-0.05, 0) is 11.6 Å². The Morgan fingerprint density at radius 2 is 1.30 bits per heavy atom. The van der Waals surface area contributed by atoms with Crippen molar-refractivity contribution >= 4 is 22.9 Å². The van der Waals surface area contributed by atoms with Gasteiger partial charge in [0.05, 0.1) is 46.2 Å². The molecular weight excluding hydrogens is 294 g/mol. The number of amides is 1. The molecule has 0 saturated heterocycles. The van der Waals surface area contributed by atoms with Gasteiger partial charge in [0.15, 0.2) is 0 Å². The first-order valence-corrected chi connectivity index (χ1v) is 6.47. The third kappa shape index (κ3) is 17.1. The fourth-order valence-electron chi connectivity index (χ4n) is 1.04. The molecule has 0 spiro atoms. The zero-order valence-electron chi connectivity index (χ0n) is 11.1. The summed E-state index contributed by atoms with van der Waals surface area (Å²) in [5.74, 6) is 0. The van der Waals surface area contributed by atoms with E-state index in [2.05, 4.69) is 5.32 Å². The lowest BCUT2D eigenvalue weighted by Crippen LogP contribution is -2.25. The molecule has 2 N–H and O–H groups in total. The van der Waals surface area contributed by atoms with E-state index in [1.165, 1.54) is 0 Å². The summed E-state index contributed by atoms with van der Waals surface area (Å²) in [6, 6.07) is 0. The molecule has 0 heterocycles. The highest BCUT2D eigenvalue weighted by molar-refractivity contribution is 6.63. The van der Waals surface area contributed by atoms with Gasteiger partial charge in [0.25, 0.3) is 0 Å². The van der Waals surface area contributed by atoms with E-state index >= 15 is 0 Å². The van der Waals surface area contributed by atoms with Crippen LogP contribution in [-0.2, 0) is 23.7 Å². The molecule has 1 amide bonds. The summed E-state index contributed by atoms with van der Waals surface area (Å²) in [5, 5.41) is 9.92. The maximum atomic E-state index is 10.3. The number of nitrogens with one attached hydrogen (secondary N) is 1. The van der Waals surface area contributed by atoms with Crippen molar-refractivity contribution < 1.29 is 33.6 Å². The third-order valence-corrected chi connectivity index (χ3v) is 1.96. The van der Waals surface area contributed by atoms with E-state index in [1.54, 1.807) is 0 Å². The maximum absolute atomic E-state index is 10.3. The summed E-state index contributed by atoms with van der Waals surface area (Å²) >= 11 is 5.07. The normalized spacial score (nSPS) is 10.4. The molecule has 0 unspecified atom stereocenters. The number of carboxylic acid groups (broad SMARTS) is 1. The summed E-state index contributed by atoms with van der Waals surface area (Å²) in [6.07, 6.45) is -1.07. The van der Waals surface area contributed by atoms with Crippen LogP contribution in [0.2, 0.25) is 0 Å². The van der Waals surface area contributed by atoms with Crippen molar-refractivity contribution in [2.45, 2.75) is 0 Å². The van der Waals surface area contributed by atoms with E-state index in [4.69, 9.17) is 35.7 Å². The number of carbonyl (C=O) groups is 2. The molecule has 0 aromatic heterocycles. The zero-order valence-corrected chi connectivity index (χ0v) is 11.9. The summed E-state index contributed by atoms with van der Waals surface area (Å²) in [5.41, 5.74) is 0. The van der Waals surface area contributed by atoms with Crippen molar-refractivity contribution in [3.05, 3.63) is 0 Å². The quantitative estimate of drug-likeness (QED) is 0.346. The van der Waals surface area contributed by atoms with Crippen molar-refractivity contribution in [1.82, 2.24) is 5.32 Å². The fraction of sp³-hybridized carbons (Fsp3) is 0.818. The summed E-state index contributed by atoms with van der Waals surface area (Å²) in [4.78, 5) is 20.4. The van der Waals surface area contributed by atoms with Gasteiger partial charge in [0, 0.05) is 6.54 Å². The van der Waals surface area contributed by atoms with E-state index in [-0.39, 0.29) is 13.2 Å². The standard InChI is InChI=1S/C11H20ClNO7/c12-10(14)9-20-8-7-19-6-5-18-4-3-17-2-1-13-11(15)16/h13H,1-9H2,(H,15,16). The van der Waals surface area contributed by atoms with Crippen LogP contribution in [0.1, 0.15) is 0 Å². The van der Waals surface area contributed by atoms with E-state index in [1.807, 2.05) is 0 Å². The van der Waals surface area contributed by atoms with Gasteiger partial charge in [0.2, 0.25) is 5.24 Å². The topological polar surface area (TPSA) is 103 Å². The molecule has 0 aliphatic heterocycles. The average molecular weight is 314 g/mol. The summed E-state index contributed by atoms with van der Waals surface area (Å²) in [6.45, 7) is 2.75. The number of rotatable bonds is 14. The second kappa shape index (κ2) is 14.5. The Morgan fingerprint density at radius 3 is 1.75 bits per heavy atom. The molecule has 0 aliphatic carbocycles. The summed E-state index contributed by atoms with van der Waals surface area (Å²) in [7, 11) is 0. The molecule has 118 valence electrons. The number of ether oxygens (including phenoxy) is 4. The van der Waals surface area contributed by atoms with E-state index in [9.17, 15) is 9.59 Å². The Bertz CT molecular complexity index is 239. The Morgan fingerprint density at radius 1 is 0.850 bits per heavy atom. The monoisotopic (exact) mass is 313 g/mol. The highest BCUT2D eigenvalue weighted by atomic mass is 35.5. The summed E-state index contributed by atoms with van der Waals surface area (Å²) < 4.78 is 20.4. The van der Waals surface area contributed by atoms with Crippen LogP contribution < -0.4 is 5.32 Å². The van der Waals surface area contributed by atoms with Crippen molar-refractivity contribution in [2.75, 3.05) is 59.4 Å². The lowest BCUT2D eigenvalue weighted by atomic mass is 10.6. The van der Waals surface area contributed by atoms with Crippen LogP contribution >= 0.6 is 11.6 Å². The van der Waals surface area contributed by atoms with Crippen molar-refractivity contribution in [2.24, 2.45) is 0 Å². The second-order valence-corrected chi connectivity index (χ2v) is 3.90. The van der Waals surface area contributed by atoms with Gasteiger partial charge >= 0.3 is 6.09 Å². The van der Waals surface area contributed by atoms with E-state index in [0.29, 0.717) is 46.2 Å². The Hall–Kier alpha value is -0.930. The Labute approximate surface area is 122 Å². The minimum absolute atomic E-state index is 0.116. The molecule has 0 radical (unpaired) electrons. The third-order valence-electron chi connectivity index (χ3n) is 1.85. The van der Waals surface area contributed by atoms with Crippen LogP contribution in [0.3, 0.4) is 0 Å². The van der Waals surface area contributed by atoms with E-state index < -0.39 is 11.3 Å². The Kier molecular flexibility index (Phi) is 13.8. The number of carbonyl (C=O) groups excluding carboxylic acids is 1. The molecule has 0 atom stereocenters. The zero-order chi connectivity index (χ0) is 15.1. The highest BCUT2D eigenvalue weighted by Gasteiger charge is 1.96. The van der Waals surface area contributed by atoms with Crippen LogP contribution in [0.4, 0.5) is 4.79 Å². The minimum Gasteiger partial charge on any atom is -0.465 e. The van der Waals surface area contributed by atoms with Crippen molar-refractivity contribution in [3.63, 3.8) is 0 Å². The average Bonchev–Trinajstić information content (AvgIpc) is 2.38. The minimum atomic E-state index is -1.07. The first-order chi connectivity index (χ1) is 9.63. The second-order valence-electron chi connectivity index (χ2n) is 3.48. The molecule has 0 bridgehead atoms. The van der Waals surface area contributed by atoms with Gasteiger partial charge in [-0.2, -0.15) is 0 Å². The van der Waals surface area contributed by atoms with Crippen LogP contribution in [0, 0.1) is 0 Å². The molecule has 20 heavy (non-hydrogen) atoms.